The molecular formula is C18H28N2O. The Morgan fingerprint density at radius 1 is 1.33 bits per heavy atom. The predicted octanol–water partition coefficient (Wildman–Crippen LogP) is 3.03. The maximum absolute atomic E-state index is 6.39. The third kappa shape index (κ3) is 3.58. The summed E-state index contributed by atoms with van der Waals surface area (Å²) in [5.41, 5.74) is 8.14. The third-order valence-corrected chi connectivity index (χ3v) is 5.10. The number of para-hydroxylation sites is 1. The summed E-state index contributed by atoms with van der Waals surface area (Å²) < 4.78 is 5.86. The first kappa shape index (κ1) is 14.9. The number of hydrogen-bond acceptors (Lipinski definition) is 3. The third-order valence-electron chi connectivity index (χ3n) is 5.10. The van der Waals surface area contributed by atoms with Gasteiger partial charge in [0.2, 0.25) is 0 Å². The lowest BCUT2D eigenvalue weighted by Crippen LogP contribution is -2.45. The van der Waals surface area contributed by atoms with Crippen LogP contribution in [0.25, 0.3) is 0 Å². The summed E-state index contributed by atoms with van der Waals surface area (Å²) in [5.74, 6) is 1.66. The lowest BCUT2D eigenvalue weighted by molar-refractivity contribution is 0.108. The van der Waals surface area contributed by atoms with Crippen molar-refractivity contribution in [3.63, 3.8) is 0 Å². The predicted molar refractivity (Wildman–Crippen MR) is 86.3 cm³/mol. The molecule has 1 saturated carbocycles. The van der Waals surface area contributed by atoms with Crippen LogP contribution < -0.4 is 10.5 Å². The van der Waals surface area contributed by atoms with E-state index < -0.39 is 0 Å². The highest BCUT2D eigenvalue weighted by atomic mass is 16.5. The summed E-state index contributed by atoms with van der Waals surface area (Å²) in [6.45, 7) is 8.63. The van der Waals surface area contributed by atoms with Gasteiger partial charge in [-0.1, -0.05) is 32.0 Å². The van der Waals surface area contributed by atoms with Crippen molar-refractivity contribution in [3.05, 3.63) is 29.8 Å². The standard InChI is InChI=1S/C18H28N2O/c1-18(2)8-7-16(19)15(11-18)13-20-9-10-21-17-6-4-3-5-14(17)12-20/h3-6,15-16H,7-13,19H2,1-2H3. The molecule has 2 N–H and O–H groups in total. The highest BCUT2D eigenvalue weighted by Gasteiger charge is 2.34. The van der Waals surface area contributed by atoms with Crippen LogP contribution >= 0.6 is 0 Å². The van der Waals surface area contributed by atoms with Crippen LogP contribution in [0.3, 0.4) is 0 Å². The zero-order chi connectivity index (χ0) is 14.9. The zero-order valence-electron chi connectivity index (χ0n) is 13.3. The highest BCUT2D eigenvalue weighted by Crippen LogP contribution is 2.38. The van der Waals surface area contributed by atoms with Gasteiger partial charge in [-0.15, -0.1) is 0 Å². The van der Waals surface area contributed by atoms with E-state index in [0.717, 1.165) is 32.0 Å². The second-order valence-electron chi connectivity index (χ2n) is 7.52. The fourth-order valence-electron chi connectivity index (χ4n) is 3.82. The maximum Gasteiger partial charge on any atom is 0.123 e. The largest absolute Gasteiger partial charge is 0.492 e. The summed E-state index contributed by atoms with van der Waals surface area (Å²) in [7, 11) is 0. The van der Waals surface area contributed by atoms with E-state index in [2.05, 4.69) is 36.9 Å². The number of fused-ring (bicyclic) bond motifs is 1. The molecule has 1 heterocycles. The van der Waals surface area contributed by atoms with Gasteiger partial charge >= 0.3 is 0 Å². The Bertz CT molecular complexity index is 486. The van der Waals surface area contributed by atoms with Gasteiger partial charge in [-0.25, -0.2) is 0 Å². The minimum absolute atomic E-state index is 0.359. The number of nitrogens with two attached hydrogens (primary N) is 1. The van der Waals surface area contributed by atoms with Crippen molar-refractivity contribution in [1.29, 1.82) is 0 Å². The second-order valence-corrected chi connectivity index (χ2v) is 7.52. The molecule has 1 aromatic carbocycles. The van der Waals surface area contributed by atoms with E-state index in [-0.39, 0.29) is 0 Å². The molecule has 0 amide bonds. The molecule has 1 fully saturated rings. The van der Waals surface area contributed by atoms with Gasteiger partial charge in [0.15, 0.2) is 0 Å². The van der Waals surface area contributed by atoms with Crippen molar-refractivity contribution < 1.29 is 4.74 Å². The molecule has 1 aliphatic carbocycles. The van der Waals surface area contributed by atoms with E-state index in [1.807, 2.05) is 6.07 Å². The van der Waals surface area contributed by atoms with Crippen molar-refractivity contribution >= 4 is 0 Å². The van der Waals surface area contributed by atoms with Crippen LogP contribution in [0.4, 0.5) is 0 Å². The number of ether oxygens (including phenoxy) is 1. The molecule has 0 radical (unpaired) electrons. The van der Waals surface area contributed by atoms with Gasteiger partial charge in [0.25, 0.3) is 0 Å². The molecule has 0 aromatic heterocycles. The first-order valence-corrected chi connectivity index (χ1v) is 8.22. The van der Waals surface area contributed by atoms with Gasteiger partial charge < -0.3 is 10.5 Å². The summed E-state index contributed by atoms with van der Waals surface area (Å²) >= 11 is 0. The van der Waals surface area contributed by atoms with E-state index in [9.17, 15) is 0 Å². The number of benzene rings is 1. The Balaban J connectivity index is 1.67. The fraction of sp³-hybridized carbons (Fsp3) is 0.667. The molecule has 0 saturated heterocycles. The monoisotopic (exact) mass is 288 g/mol. The van der Waals surface area contributed by atoms with Crippen molar-refractivity contribution in [1.82, 2.24) is 4.90 Å². The minimum atomic E-state index is 0.359. The van der Waals surface area contributed by atoms with Crippen LogP contribution in [0.2, 0.25) is 0 Å². The molecule has 21 heavy (non-hydrogen) atoms. The molecule has 2 atom stereocenters. The molecule has 0 spiro atoms. The Labute approximate surface area is 128 Å². The van der Waals surface area contributed by atoms with Crippen LogP contribution in [0.1, 0.15) is 38.7 Å². The van der Waals surface area contributed by atoms with Gasteiger partial charge in [-0.05, 0) is 36.7 Å². The Kier molecular flexibility index (Phi) is 4.23. The maximum atomic E-state index is 6.39. The Hall–Kier alpha value is -1.06. The molecule has 3 rings (SSSR count). The average molecular weight is 288 g/mol. The number of nitrogens with zero attached hydrogens (tertiary/aromatic N) is 1. The molecular weight excluding hydrogens is 260 g/mol. The minimum Gasteiger partial charge on any atom is -0.492 e. The molecule has 1 aliphatic heterocycles. The second kappa shape index (κ2) is 5.98. The molecule has 3 heteroatoms. The van der Waals surface area contributed by atoms with Crippen LogP contribution in [-0.4, -0.2) is 30.6 Å². The van der Waals surface area contributed by atoms with Gasteiger partial charge in [0.05, 0.1) is 0 Å². The van der Waals surface area contributed by atoms with E-state index in [1.54, 1.807) is 0 Å². The molecule has 2 aliphatic rings. The summed E-state index contributed by atoms with van der Waals surface area (Å²) in [6, 6.07) is 8.76. The van der Waals surface area contributed by atoms with E-state index in [1.165, 1.54) is 24.8 Å². The fourth-order valence-corrected chi connectivity index (χ4v) is 3.82. The van der Waals surface area contributed by atoms with Gasteiger partial charge in [-0.2, -0.15) is 0 Å². The summed E-state index contributed by atoms with van der Waals surface area (Å²) in [6.07, 6.45) is 3.67. The summed E-state index contributed by atoms with van der Waals surface area (Å²) in [4.78, 5) is 2.53. The van der Waals surface area contributed by atoms with Crippen LogP contribution in [0.5, 0.6) is 5.75 Å². The van der Waals surface area contributed by atoms with Crippen molar-refractivity contribution in [2.24, 2.45) is 17.1 Å². The SMILES string of the molecule is CC1(C)CCC(N)C(CN2CCOc3ccccc3C2)C1. The van der Waals surface area contributed by atoms with Gasteiger partial charge in [0.1, 0.15) is 12.4 Å². The smallest absolute Gasteiger partial charge is 0.123 e. The molecule has 2 unspecified atom stereocenters. The van der Waals surface area contributed by atoms with E-state index in [0.29, 0.717) is 17.4 Å². The van der Waals surface area contributed by atoms with Crippen molar-refractivity contribution in [2.75, 3.05) is 19.7 Å². The van der Waals surface area contributed by atoms with Crippen LogP contribution in [0, 0.1) is 11.3 Å². The summed E-state index contributed by atoms with van der Waals surface area (Å²) in [5, 5.41) is 0. The average Bonchev–Trinajstić information content (AvgIpc) is 2.64. The van der Waals surface area contributed by atoms with E-state index in [4.69, 9.17) is 10.5 Å². The topological polar surface area (TPSA) is 38.5 Å². The zero-order valence-corrected chi connectivity index (χ0v) is 13.3. The van der Waals surface area contributed by atoms with Crippen LogP contribution in [-0.2, 0) is 6.54 Å². The Morgan fingerprint density at radius 3 is 3.00 bits per heavy atom. The highest BCUT2D eigenvalue weighted by molar-refractivity contribution is 5.33. The molecule has 0 bridgehead atoms. The molecule has 1 aromatic rings. The number of hydrogen-bond donors (Lipinski definition) is 1. The van der Waals surface area contributed by atoms with Gasteiger partial charge in [-0.3, -0.25) is 4.90 Å². The normalized spacial score (nSPS) is 29.3. The van der Waals surface area contributed by atoms with E-state index >= 15 is 0 Å². The first-order chi connectivity index (χ1) is 10.0. The lowest BCUT2D eigenvalue weighted by Gasteiger charge is -2.41. The molecule has 116 valence electrons. The number of rotatable bonds is 2. The lowest BCUT2D eigenvalue weighted by atomic mass is 9.70. The Morgan fingerprint density at radius 2 is 2.14 bits per heavy atom. The van der Waals surface area contributed by atoms with Gasteiger partial charge in [0, 0.05) is 31.2 Å². The van der Waals surface area contributed by atoms with Crippen molar-refractivity contribution in [2.45, 2.75) is 45.7 Å². The van der Waals surface area contributed by atoms with Crippen molar-refractivity contribution in [3.8, 4) is 5.75 Å². The van der Waals surface area contributed by atoms with Crippen LogP contribution in [0.15, 0.2) is 24.3 Å². The molecule has 3 nitrogen and oxygen atoms in total. The first-order valence-electron chi connectivity index (χ1n) is 8.22. The quantitative estimate of drug-likeness (QED) is 0.909.